The van der Waals surface area contributed by atoms with E-state index < -0.39 is 0 Å². The predicted octanol–water partition coefficient (Wildman–Crippen LogP) is 3.70. The molecular weight excluding hydrogens is 343 g/mol. The van der Waals surface area contributed by atoms with Crippen LogP contribution in [0.5, 0.6) is 0 Å². The van der Waals surface area contributed by atoms with Crippen LogP contribution in [-0.4, -0.2) is 30.0 Å². The molecule has 0 aliphatic rings. The third-order valence-electron chi connectivity index (χ3n) is 3.01. The van der Waals surface area contributed by atoms with Crippen LogP contribution >= 0.6 is 35.8 Å². The van der Waals surface area contributed by atoms with Gasteiger partial charge in [-0.3, -0.25) is 0 Å². The molecule has 0 aliphatic heterocycles. The summed E-state index contributed by atoms with van der Waals surface area (Å²) >= 11 is 16.6. The molecule has 3 aromatic rings. The van der Waals surface area contributed by atoms with E-state index in [0.29, 0.717) is 32.1 Å². The fraction of sp³-hybridized carbons (Fsp3) is 0.231. The second kappa shape index (κ2) is 5.91. The SMILES string of the molecule is CC(C)n1nnc(-c2cnn(-c3ccc(Cl)cc3Cl)c2S)n1. The molecule has 0 radical (unpaired) electrons. The Kier molecular flexibility index (Phi) is 4.12. The summed E-state index contributed by atoms with van der Waals surface area (Å²) in [5.41, 5.74) is 1.36. The number of tetrazole rings is 1. The molecule has 2 heterocycles. The highest BCUT2D eigenvalue weighted by atomic mass is 35.5. The number of hydrogen-bond acceptors (Lipinski definition) is 5. The highest BCUT2D eigenvalue weighted by molar-refractivity contribution is 7.80. The van der Waals surface area contributed by atoms with Crippen molar-refractivity contribution in [3.63, 3.8) is 0 Å². The first kappa shape index (κ1) is 15.3. The van der Waals surface area contributed by atoms with E-state index in [1.165, 1.54) is 4.80 Å². The van der Waals surface area contributed by atoms with Gasteiger partial charge in [0.05, 0.1) is 28.5 Å². The molecule has 2 aromatic heterocycles. The molecule has 0 N–H and O–H groups in total. The average molecular weight is 355 g/mol. The maximum absolute atomic E-state index is 6.21. The van der Waals surface area contributed by atoms with Gasteiger partial charge in [-0.2, -0.15) is 9.90 Å². The van der Waals surface area contributed by atoms with Crippen LogP contribution in [0.3, 0.4) is 0 Å². The Hall–Kier alpha value is -1.57. The van der Waals surface area contributed by atoms with Crippen molar-refractivity contribution in [2.24, 2.45) is 0 Å². The van der Waals surface area contributed by atoms with Crippen molar-refractivity contribution in [1.82, 2.24) is 30.0 Å². The third-order valence-corrected chi connectivity index (χ3v) is 3.98. The molecule has 0 saturated carbocycles. The molecule has 6 nitrogen and oxygen atoms in total. The maximum Gasteiger partial charge on any atom is 0.209 e. The summed E-state index contributed by atoms with van der Waals surface area (Å²) in [7, 11) is 0. The van der Waals surface area contributed by atoms with Crippen molar-refractivity contribution in [3.8, 4) is 17.1 Å². The van der Waals surface area contributed by atoms with Crippen LogP contribution in [0, 0.1) is 0 Å². The van der Waals surface area contributed by atoms with Crippen LogP contribution in [-0.2, 0) is 0 Å². The topological polar surface area (TPSA) is 61.4 Å². The standard InChI is InChI=1S/C13H12Cl2N6S/c1-7(2)21-18-12(17-19-21)9-6-16-20(13(9)22)11-4-3-8(14)5-10(11)15/h3-7,22H,1-2H3. The lowest BCUT2D eigenvalue weighted by molar-refractivity contribution is 0.455. The van der Waals surface area contributed by atoms with Crippen molar-refractivity contribution in [2.75, 3.05) is 0 Å². The Bertz CT molecular complexity index is 826. The monoisotopic (exact) mass is 354 g/mol. The van der Waals surface area contributed by atoms with Crippen LogP contribution in [0.15, 0.2) is 29.4 Å². The lowest BCUT2D eigenvalue weighted by Crippen LogP contribution is -2.04. The van der Waals surface area contributed by atoms with Gasteiger partial charge in [0.1, 0.15) is 5.03 Å². The number of nitrogens with zero attached hydrogens (tertiary/aromatic N) is 6. The molecular formula is C13H12Cl2N6S. The zero-order valence-electron chi connectivity index (χ0n) is 11.8. The number of aromatic nitrogens is 6. The van der Waals surface area contributed by atoms with E-state index in [2.05, 4.69) is 33.1 Å². The molecule has 0 aliphatic carbocycles. The Morgan fingerprint density at radius 3 is 2.64 bits per heavy atom. The fourth-order valence-corrected chi connectivity index (χ4v) is 2.69. The molecule has 0 fully saturated rings. The molecule has 0 bridgehead atoms. The zero-order valence-corrected chi connectivity index (χ0v) is 14.2. The van der Waals surface area contributed by atoms with Crippen molar-refractivity contribution < 1.29 is 0 Å². The zero-order chi connectivity index (χ0) is 15.9. The van der Waals surface area contributed by atoms with E-state index in [-0.39, 0.29) is 6.04 Å². The van der Waals surface area contributed by atoms with Gasteiger partial charge in [0.2, 0.25) is 5.82 Å². The molecule has 0 saturated heterocycles. The van der Waals surface area contributed by atoms with Gasteiger partial charge in [0.25, 0.3) is 0 Å². The summed E-state index contributed by atoms with van der Waals surface area (Å²) in [6.07, 6.45) is 1.63. The molecule has 22 heavy (non-hydrogen) atoms. The average Bonchev–Trinajstić information content (AvgIpc) is 3.06. The van der Waals surface area contributed by atoms with Crippen LogP contribution in [0.4, 0.5) is 0 Å². The fourth-order valence-electron chi connectivity index (χ4n) is 1.88. The van der Waals surface area contributed by atoms with E-state index in [4.69, 9.17) is 23.2 Å². The summed E-state index contributed by atoms with van der Waals surface area (Å²) in [5, 5.41) is 18.3. The summed E-state index contributed by atoms with van der Waals surface area (Å²) in [5.74, 6) is 0.468. The van der Waals surface area contributed by atoms with Gasteiger partial charge in [0.15, 0.2) is 0 Å². The molecule has 0 amide bonds. The minimum Gasteiger partial charge on any atom is -0.225 e. The number of halogens is 2. The molecule has 0 atom stereocenters. The van der Waals surface area contributed by atoms with Gasteiger partial charge in [0, 0.05) is 5.02 Å². The second-order valence-corrected chi connectivity index (χ2v) is 6.18. The molecule has 0 spiro atoms. The van der Waals surface area contributed by atoms with Crippen molar-refractivity contribution in [1.29, 1.82) is 0 Å². The van der Waals surface area contributed by atoms with Crippen molar-refractivity contribution in [3.05, 3.63) is 34.4 Å². The summed E-state index contributed by atoms with van der Waals surface area (Å²) < 4.78 is 1.60. The van der Waals surface area contributed by atoms with Crippen molar-refractivity contribution in [2.45, 2.75) is 24.9 Å². The van der Waals surface area contributed by atoms with Gasteiger partial charge in [-0.05, 0) is 37.3 Å². The summed E-state index contributed by atoms with van der Waals surface area (Å²) in [6.45, 7) is 3.95. The number of hydrogen-bond donors (Lipinski definition) is 1. The van der Waals surface area contributed by atoms with E-state index in [1.807, 2.05) is 13.8 Å². The van der Waals surface area contributed by atoms with Crippen LogP contribution in [0.1, 0.15) is 19.9 Å². The smallest absolute Gasteiger partial charge is 0.209 e. The van der Waals surface area contributed by atoms with Gasteiger partial charge < -0.3 is 0 Å². The summed E-state index contributed by atoms with van der Waals surface area (Å²) in [4.78, 5) is 1.54. The lowest BCUT2D eigenvalue weighted by Gasteiger charge is -2.06. The Morgan fingerprint density at radius 1 is 1.23 bits per heavy atom. The molecule has 114 valence electrons. The van der Waals surface area contributed by atoms with E-state index in [9.17, 15) is 0 Å². The van der Waals surface area contributed by atoms with Gasteiger partial charge >= 0.3 is 0 Å². The predicted molar refractivity (Wildman–Crippen MR) is 88.0 cm³/mol. The molecule has 9 heteroatoms. The number of rotatable bonds is 3. The first-order valence-corrected chi connectivity index (χ1v) is 7.70. The Balaban J connectivity index is 2.04. The van der Waals surface area contributed by atoms with Gasteiger partial charge in [-0.1, -0.05) is 23.2 Å². The molecule has 0 unspecified atom stereocenters. The van der Waals surface area contributed by atoms with Gasteiger partial charge in [-0.25, -0.2) is 4.68 Å². The minimum absolute atomic E-state index is 0.130. The third kappa shape index (κ3) is 2.71. The summed E-state index contributed by atoms with van der Waals surface area (Å²) in [6, 6.07) is 5.30. The van der Waals surface area contributed by atoms with Gasteiger partial charge in [-0.15, -0.1) is 22.8 Å². The Morgan fingerprint density at radius 2 is 2.00 bits per heavy atom. The van der Waals surface area contributed by atoms with Crippen LogP contribution in [0.25, 0.3) is 17.1 Å². The second-order valence-electron chi connectivity index (χ2n) is 4.92. The number of thiol groups is 1. The number of benzene rings is 1. The van der Waals surface area contributed by atoms with Crippen molar-refractivity contribution >= 4 is 35.8 Å². The van der Waals surface area contributed by atoms with Crippen LogP contribution in [0.2, 0.25) is 10.0 Å². The van der Waals surface area contributed by atoms with E-state index in [1.54, 1.807) is 29.1 Å². The Labute approximate surface area is 142 Å². The van der Waals surface area contributed by atoms with Crippen LogP contribution < -0.4 is 0 Å². The quantitative estimate of drug-likeness (QED) is 0.728. The first-order valence-electron chi connectivity index (χ1n) is 6.49. The first-order chi connectivity index (χ1) is 10.5. The molecule has 3 rings (SSSR count). The minimum atomic E-state index is 0.130. The maximum atomic E-state index is 6.21. The highest BCUT2D eigenvalue weighted by Gasteiger charge is 2.17. The molecule has 1 aromatic carbocycles. The normalized spacial score (nSPS) is 11.4. The lowest BCUT2D eigenvalue weighted by atomic mass is 10.3. The largest absolute Gasteiger partial charge is 0.225 e. The van der Waals surface area contributed by atoms with E-state index in [0.717, 1.165) is 0 Å². The highest BCUT2D eigenvalue weighted by Crippen LogP contribution is 2.30. The van der Waals surface area contributed by atoms with E-state index >= 15 is 0 Å².